The standard InChI is InChI=1S/C24H33N3O4S.C2H2O4/c1-3-27(20-11-7-6-8-12-20)32(29,30)21-13-14-23(31-2)22(19-21)25-24(28)15-18-26-16-9-4-5-10-17-26;3-1(4)2(5)6/h6-8,11-14,19H,3-5,9-10,15-18H2,1-2H3,(H,25,28);(H,3,4)(H,5,6). The molecular weight excluding hydrogens is 514 g/mol. The molecule has 0 bridgehead atoms. The highest BCUT2D eigenvalue weighted by Gasteiger charge is 2.25. The number of methoxy groups -OCH3 is 1. The average molecular weight is 550 g/mol. The molecule has 2 aromatic rings. The Balaban J connectivity index is 0.000000757. The molecule has 12 heteroatoms. The normalized spacial score (nSPS) is 13.8. The number of para-hydroxylation sites is 1. The summed E-state index contributed by atoms with van der Waals surface area (Å²) in [5.74, 6) is -3.38. The van der Waals surface area contributed by atoms with E-state index in [1.54, 1.807) is 37.3 Å². The van der Waals surface area contributed by atoms with Crippen molar-refractivity contribution in [2.75, 3.05) is 42.9 Å². The van der Waals surface area contributed by atoms with Crippen LogP contribution in [0.15, 0.2) is 53.4 Å². The predicted molar refractivity (Wildman–Crippen MR) is 143 cm³/mol. The largest absolute Gasteiger partial charge is 0.495 e. The van der Waals surface area contributed by atoms with Crippen molar-refractivity contribution in [1.82, 2.24) is 4.90 Å². The second kappa shape index (κ2) is 14.9. The molecule has 1 saturated heterocycles. The van der Waals surface area contributed by atoms with Crippen molar-refractivity contribution in [2.24, 2.45) is 0 Å². The first-order chi connectivity index (χ1) is 18.1. The van der Waals surface area contributed by atoms with Crippen LogP contribution in [0.4, 0.5) is 11.4 Å². The fraction of sp³-hybridized carbons (Fsp3) is 0.423. The minimum Gasteiger partial charge on any atom is -0.495 e. The molecule has 0 atom stereocenters. The summed E-state index contributed by atoms with van der Waals surface area (Å²) in [7, 11) is -2.30. The maximum absolute atomic E-state index is 13.3. The van der Waals surface area contributed by atoms with Crippen molar-refractivity contribution in [3.05, 3.63) is 48.5 Å². The van der Waals surface area contributed by atoms with Gasteiger partial charge < -0.3 is 25.2 Å². The van der Waals surface area contributed by atoms with E-state index in [1.165, 1.54) is 49.2 Å². The van der Waals surface area contributed by atoms with Gasteiger partial charge in [-0.25, -0.2) is 18.0 Å². The van der Waals surface area contributed by atoms with Crippen LogP contribution in [0.2, 0.25) is 0 Å². The molecular formula is C26H35N3O8S. The predicted octanol–water partition coefficient (Wildman–Crippen LogP) is 3.27. The summed E-state index contributed by atoms with van der Waals surface area (Å²) in [4.78, 5) is 33.3. The number of rotatable bonds is 9. The molecule has 0 aromatic heterocycles. The Bertz CT molecular complexity index is 1170. The SMILES string of the molecule is CCN(c1ccccc1)S(=O)(=O)c1ccc(OC)c(NC(=O)CCN2CCCCCC2)c1.O=C(O)C(=O)O. The number of sulfonamides is 1. The lowest BCUT2D eigenvalue weighted by atomic mass is 10.2. The number of carbonyl (C=O) groups excluding carboxylic acids is 1. The molecule has 1 fully saturated rings. The summed E-state index contributed by atoms with van der Waals surface area (Å²) >= 11 is 0. The summed E-state index contributed by atoms with van der Waals surface area (Å²) in [5, 5.41) is 17.6. The Labute approximate surface area is 223 Å². The number of likely N-dealkylation sites (tertiary alicyclic amines) is 1. The van der Waals surface area contributed by atoms with E-state index in [0.29, 0.717) is 30.1 Å². The second-order valence-corrected chi connectivity index (χ2v) is 10.4. The second-order valence-electron chi connectivity index (χ2n) is 8.53. The number of aliphatic carboxylic acids is 2. The number of carboxylic acids is 2. The molecule has 0 aliphatic carbocycles. The van der Waals surface area contributed by atoms with Crippen LogP contribution >= 0.6 is 0 Å². The van der Waals surface area contributed by atoms with Gasteiger partial charge in [-0.1, -0.05) is 31.0 Å². The van der Waals surface area contributed by atoms with Gasteiger partial charge in [0, 0.05) is 19.5 Å². The summed E-state index contributed by atoms with van der Waals surface area (Å²) < 4.78 is 33.4. The van der Waals surface area contributed by atoms with Crippen molar-refractivity contribution in [1.29, 1.82) is 0 Å². The molecule has 1 heterocycles. The minimum atomic E-state index is -3.80. The van der Waals surface area contributed by atoms with Crippen LogP contribution in [0.5, 0.6) is 5.75 Å². The van der Waals surface area contributed by atoms with Gasteiger partial charge in [-0.3, -0.25) is 9.10 Å². The summed E-state index contributed by atoms with van der Waals surface area (Å²) in [6, 6.07) is 13.5. The van der Waals surface area contributed by atoms with Gasteiger partial charge in [-0.05, 0) is 63.2 Å². The lowest BCUT2D eigenvalue weighted by Gasteiger charge is -2.23. The van der Waals surface area contributed by atoms with Gasteiger partial charge >= 0.3 is 11.9 Å². The van der Waals surface area contributed by atoms with E-state index in [1.807, 2.05) is 6.07 Å². The third kappa shape index (κ3) is 9.03. The van der Waals surface area contributed by atoms with Gasteiger partial charge in [0.25, 0.3) is 10.0 Å². The van der Waals surface area contributed by atoms with Gasteiger partial charge in [-0.15, -0.1) is 0 Å². The molecule has 11 nitrogen and oxygen atoms in total. The molecule has 38 heavy (non-hydrogen) atoms. The quantitative estimate of drug-likeness (QED) is 0.400. The Morgan fingerprint density at radius 1 is 0.974 bits per heavy atom. The van der Waals surface area contributed by atoms with E-state index in [-0.39, 0.29) is 17.3 Å². The smallest absolute Gasteiger partial charge is 0.414 e. The van der Waals surface area contributed by atoms with E-state index in [9.17, 15) is 13.2 Å². The average Bonchev–Trinajstić information content (AvgIpc) is 3.17. The lowest BCUT2D eigenvalue weighted by Crippen LogP contribution is -2.31. The Kier molecular flexibility index (Phi) is 12.0. The van der Waals surface area contributed by atoms with Crippen molar-refractivity contribution >= 4 is 39.2 Å². The van der Waals surface area contributed by atoms with Gasteiger partial charge in [0.1, 0.15) is 5.75 Å². The van der Waals surface area contributed by atoms with Crippen molar-refractivity contribution in [3.8, 4) is 5.75 Å². The first-order valence-corrected chi connectivity index (χ1v) is 13.8. The number of nitrogens with one attached hydrogen (secondary N) is 1. The number of carbonyl (C=O) groups is 3. The first-order valence-electron chi connectivity index (χ1n) is 12.3. The highest BCUT2D eigenvalue weighted by molar-refractivity contribution is 7.92. The number of hydrogen-bond donors (Lipinski definition) is 3. The van der Waals surface area contributed by atoms with E-state index >= 15 is 0 Å². The number of anilines is 2. The van der Waals surface area contributed by atoms with Gasteiger partial charge in [0.15, 0.2) is 0 Å². The number of hydrogen-bond acceptors (Lipinski definition) is 7. The Morgan fingerprint density at radius 2 is 1.58 bits per heavy atom. The van der Waals surface area contributed by atoms with Crippen LogP contribution in [-0.4, -0.2) is 74.7 Å². The van der Waals surface area contributed by atoms with Gasteiger partial charge in [-0.2, -0.15) is 0 Å². The molecule has 1 amide bonds. The number of benzene rings is 2. The topological polar surface area (TPSA) is 154 Å². The summed E-state index contributed by atoms with van der Waals surface area (Å²) in [5.41, 5.74) is 0.951. The van der Waals surface area contributed by atoms with Crippen LogP contribution in [0.3, 0.4) is 0 Å². The Morgan fingerprint density at radius 3 is 2.11 bits per heavy atom. The minimum absolute atomic E-state index is 0.104. The van der Waals surface area contributed by atoms with E-state index in [0.717, 1.165) is 13.1 Å². The van der Waals surface area contributed by atoms with Crippen LogP contribution in [0.25, 0.3) is 0 Å². The van der Waals surface area contributed by atoms with E-state index in [4.69, 9.17) is 24.5 Å². The molecule has 1 aliphatic heterocycles. The maximum atomic E-state index is 13.3. The van der Waals surface area contributed by atoms with Gasteiger partial charge in [0.05, 0.1) is 23.4 Å². The van der Waals surface area contributed by atoms with Crippen LogP contribution in [0, 0.1) is 0 Å². The molecule has 3 rings (SSSR count). The monoisotopic (exact) mass is 549 g/mol. The zero-order valence-electron chi connectivity index (χ0n) is 21.6. The Hall–Kier alpha value is -3.64. The van der Waals surface area contributed by atoms with Crippen LogP contribution in [0.1, 0.15) is 39.0 Å². The number of amides is 1. The maximum Gasteiger partial charge on any atom is 0.414 e. The zero-order valence-corrected chi connectivity index (χ0v) is 22.4. The van der Waals surface area contributed by atoms with Crippen LogP contribution in [-0.2, 0) is 24.4 Å². The number of ether oxygens (including phenoxy) is 1. The van der Waals surface area contributed by atoms with Crippen molar-refractivity contribution in [2.45, 2.75) is 43.9 Å². The molecule has 0 spiro atoms. The zero-order chi connectivity index (χ0) is 28.1. The molecule has 0 radical (unpaired) electrons. The fourth-order valence-corrected chi connectivity index (χ4v) is 5.49. The molecule has 208 valence electrons. The molecule has 0 unspecified atom stereocenters. The van der Waals surface area contributed by atoms with E-state index < -0.39 is 22.0 Å². The highest BCUT2D eigenvalue weighted by Crippen LogP contribution is 2.31. The fourth-order valence-electron chi connectivity index (χ4n) is 3.99. The highest BCUT2D eigenvalue weighted by atomic mass is 32.2. The molecule has 2 aromatic carbocycles. The third-order valence-electron chi connectivity index (χ3n) is 5.90. The summed E-state index contributed by atoms with van der Waals surface area (Å²) in [6.45, 7) is 4.83. The molecule has 3 N–H and O–H groups in total. The first kappa shape index (κ1) is 30.6. The summed E-state index contributed by atoms with van der Waals surface area (Å²) in [6.07, 6.45) is 5.19. The van der Waals surface area contributed by atoms with E-state index in [2.05, 4.69) is 10.2 Å². The molecule has 0 saturated carbocycles. The third-order valence-corrected chi connectivity index (χ3v) is 7.80. The molecule has 1 aliphatic rings. The van der Waals surface area contributed by atoms with Crippen molar-refractivity contribution in [3.63, 3.8) is 0 Å². The van der Waals surface area contributed by atoms with Gasteiger partial charge in [0.2, 0.25) is 5.91 Å². The van der Waals surface area contributed by atoms with Crippen molar-refractivity contribution < 1.29 is 37.8 Å². The van der Waals surface area contributed by atoms with Crippen LogP contribution < -0.4 is 14.4 Å². The number of carboxylic acid groups (broad SMARTS) is 2. The number of nitrogens with zero attached hydrogens (tertiary/aromatic N) is 2. The lowest BCUT2D eigenvalue weighted by molar-refractivity contribution is -0.159.